The van der Waals surface area contributed by atoms with Crippen molar-refractivity contribution in [2.75, 3.05) is 34.0 Å². The van der Waals surface area contributed by atoms with Gasteiger partial charge in [0.1, 0.15) is 0 Å². The topological polar surface area (TPSA) is 76.1 Å². The van der Waals surface area contributed by atoms with Gasteiger partial charge in [0.25, 0.3) is 0 Å². The Labute approximate surface area is 124 Å². The van der Waals surface area contributed by atoms with Crippen molar-refractivity contribution in [3.05, 3.63) is 35.4 Å². The fourth-order valence-electron chi connectivity index (χ4n) is 1.71. The van der Waals surface area contributed by atoms with Crippen LogP contribution in [0.4, 0.5) is 0 Å². The van der Waals surface area contributed by atoms with Crippen LogP contribution in [-0.2, 0) is 20.8 Å². The lowest BCUT2D eigenvalue weighted by atomic mass is 10.1. The summed E-state index contributed by atoms with van der Waals surface area (Å²) < 4.78 is 10.1. The van der Waals surface area contributed by atoms with E-state index in [1.807, 2.05) is 0 Å². The Hall–Kier alpha value is -1.92. The molecule has 0 heterocycles. The predicted octanol–water partition coefficient (Wildman–Crippen LogP) is 1.40. The maximum atomic E-state index is 11.9. The van der Waals surface area contributed by atoms with Crippen molar-refractivity contribution in [3.63, 3.8) is 0 Å². The highest BCUT2D eigenvalue weighted by molar-refractivity contribution is 5.87. The lowest BCUT2D eigenvalue weighted by Crippen LogP contribution is -2.27. The molecule has 0 atom stereocenters. The maximum absolute atomic E-state index is 11.9. The minimum Gasteiger partial charge on any atom is -0.478 e. The van der Waals surface area contributed by atoms with E-state index in [0.717, 1.165) is 5.56 Å². The molecule has 1 N–H and O–H groups in total. The molecule has 0 aliphatic rings. The minimum absolute atomic E-state index is 0.0188. The first kappa shape index (κ1) is 17.1. The number of nitrogens with zero attached hydrogens (tertiary/aromatic N) is 1. The number of carbonyl (C=O) groups is 2. The lowest BCUT2D eigenvalue weighted by Gasteiger charge is -2.17. The Balaban J connectivity index is 2.36. The van der Waals surface area contributed by atoms with Crippen molar-refractivity contribution < 1.29 is 24.2 Å². The molecule has 0 aliphatic carbocycles. The minimum atomic E-state index is -0.959. The molecular formula is C15H21NO5. The first-order valence-electron chi connectivity index (χ1n) is 6.67. The third-order valence-corrected chi connectivity index (χ3v) is 2.94. The zero-order valence-corrected chi connectivity index (χ0v) is 12.4. The summed E-state index contributed by atoms with van der Waals surface area (Å²) in [6.07, 6.45) is 0.313. The normalized spacial score (nSPS) is 10.4. The SMILES string of the molecule is COCCOCCC(=O)N(C)Cc1ccc(C(=O)O)cc1. The van der Waals surface area contributed by atoms with Crippen molar-refractivity contribution >= 4 is 11.9 Å². The zero-order valence-electron chi connectivity index (χ0n) is 12.4. The quantitative estimate of drug-likeness (QED) is 0.697. The number of carbonyl (C=O) groups excluding carboxylic acids is 1. The van der Waals surface area contributed by atoms with Gasteiger partial charge in [-0.3, -0.25) is 4.79 Å². The number of carboxylic acid groups (broad SMARTS) is 1. The highest BCUT2D eigenvalue weighted by Gasteiger charge is 2.09. The van der Waals surface area contributed by atoms with E-state index in [0.29, 0.717) is 32.8 Å². The Bertz CT molecular complexity index is 458. The van der Waals surface area contributed by atoms with Crippen LogP contribution in [0.1, 0.15) is 22.3 Å². The largest absolute Gasteiger partial charge is 0.478 e. The molecule has 1 amide bonds. The molecule has 0 saturated carbocycles. The van der Waals surface area contributed by atoms with Crippen molar-refractivity contribution in [1.29, 1.82) is 0 Å². The fraction of sp³-hybridized carbons (Fsp3) is 0.467. The van der Waals surface area contributed by atoms with Gasteiger partial charge in [-0.2, -0.15) is 0 Å². The van der Waals surface area contributed by atoms with E-state index in [2.05, 4.69) is 0 Å². The van der Waals surface area contributed by atoms with Crippen LogP contribution >= 0.6 is 0 Å². The second-order valence-corrected chi connectivity index (χ2v) is 4.61. The van der Waals surface area contributed by atoms with E-state index in [4.69, 9.17) is 14.6 Å². The van der Waals surface area contributed by atoms with Gasteiger partial charge in [0.05, 0.1) is 31.8 Å². The highest BCUT2D eigenvalue weighted by atomic mass is 16.5. The number of aromatic carboxylic acids is 1. The number of hydrogen-bond donors (Lipinski definition) is 1. The van der Waals surface area contributed by atoms with Crippen LogP contribution in [0.5, 0.6) is 0 Å². The van der Waals surface area contributed by atoms with Crippen molar-refractivity contribution in [3.8, 4) is 0 Å². The summed E-state index contributed by atoms with van der Waals surface area (Å²) in [5, 5.41) is 8.82. The van der Waals surface area contributed by atoms with Gasteiger partial charge in [0, 0.05) is 20.7 Å². The molecule has 0 saturated heterocycles. The number of methoxy groups -OCH3 is 1. The Morgan fingerprint density at radius 3 is 2.38 bits per heavy atom. The van der Waals surface area contributed by atoms with Gasteiger partial charge in [-0.1, -0.05) is 12.1 Å². The van der Waals surface area contributed by atoms with Gasteiger partial charge >= 0.3 is 5.97 Å². The van der Waals surface area contributed by atoms with Gasteiger partial charge in [0.15, 0.2) is 0 Å². The first-order valence-corrected chi connectivity index (χ1v) is 6.67. The summed E-state index contributed by atoms with van der Waals surface area (Å²) >= 11 is 0. The second kappa shape index (κ2) is 9.10. The summed E-state index contributed by atoms with van der Waals surface area (Å²) in [4.78, 5) is 24.2. The summed E-state index contributed by atoms with van der Waals surface area (Å²) in [6.45, 7) is 1.80. The smallest absolute Gasteiger partial charge is 0.335 e. The Kier molecular flexibility index (Phi) is 7.42. The van der Waals surface area contributed by atoms with E-state index < -0.39 is 5.97 Å². The molecule has 0 bridgehead atoms. The molecule has 0 aromatic heterocycles. The van der Waals surface area contributed by atoms with Gasteiger partial charge < -0.3 is 19.5 Å². The molecule has 1 rings (SSSR count). The number of carboxylic acids is 1. The zero-order chi connectivity index (χ0) is 15.7. The number of ether oxygens (including phenoxy) is 2. The van der Waals surface area contributed by atoms with Gasteiger partial charge in [-0.15, -0.1) is 0 Å². The van der Waals surface area contributed by atoms with Crippen LogP contribution < -0.4 is 0 Å². The summed E-state index contributed by atoms with van der Waals surface area (Å²) in [5.41, 5.74) is 1.12. The van der Waals surface area contributed by atoms with Crippen LogP contribution in [0.25, 0.3) is 0 Å². The summed E-state index contributed by atoms with van der Waals surface area (Å²) in [6, 6.07) is 6.48. The van der Waals surface area contributed by atoms with E-state index >= 15 is 0 Å². The molecule has 0 fully saturated rings. The molecule has 1 aromatic carbocycles. The predicted molar refractivity (Wildman–Crippen MR) is 77.2 cm³/mol. The standard InChI is InChI=1S/C15H21NO5/c1-16(14(17)7-8-21-10-9-20-2)11-12-3-5-13(6-4-12)15(18)19/h3-6H,7-11H2,1-2H3,(H,18,19). The Morgan fingerprint density at radius 1 is 1.14 bits per heavy atom. The fourth-order valence-corrected chi connectivity index (χ4v) is 1.71. The summed E-state index contributed by atoms with van der Waals surface area (Å²) in [7, 11) is 3.31. The number of amides is 1. The average Bonchev–Trinajstić information content (AvgIpc) is 2.47. The summed E-state index contributed by atoms with van der Waals surface area (Å²) in [5.74, 6) is -0.978. The molecule has 0 unspecified atom stereocenters. The van der Waals surface area contributed by atoms with Crippen LogP contribution in [-0.4, -0.2) is 55.9 Å². The molecule has 6 heteroatoms. The maximum Gasteiger partial charge on any atom is 0.335 e. The van der Waals surface area contributed by atoms with Crippen LogP contribution in [0, 0.1) is 0 Å². The second-order valence-electron chi connectivity index (χ2n) is 4.61. The van der Waals surface area contributed by atoms with E-state index in [9.17, 15) is 9.59 Å². The van der Waals surface area contributed by atoms with Crippen molar-refractivity contribution in [2.24, 2.45) is 0 Å². The average molecular weight is 295 g/mol. The van der Waals surface area contributed by atoms with Gasteiger partial charge in [0.2, 0.25) is 5.91 Å². The molecule has 0 spiro atoms. The molecular weight excluding hydrogens is 274 g/mol. The van der Waals surface area contributed by atoms with Crippen LogP contribution in [0.2, 0.25) is 0 Å². The molecule has 1 aromatic rings. The molecule has 0 radical (unpaired) electrons. The molecule has 6 nitrogen and oxygen atoms in total. The monoisotopic (exact) mass is 295 g/mol. The number of hydrogen-bond acceptors (Lipinski definition) is 4. The van der Waals surface area contributed by atoms with Crippen molar-refractivity contribution in [2.45, 2.75) is 13.0 Å². The van der Waals surface area contributed by atoms with Crippen LogP contribution in [0.3, 0.4) is 0 Å². The number of rotatable bonds is 9. The Morgan fingerprint density at radius 2 is 1.81 bits per heavy atom. The van der Waals surface area contributed by atoms with E-state index in [-0.39, 0.29) is 11.5 Å². The lowest BCUT2D eigenvalue weighted by molar-refractivity contribution is -0.131. The van der Waals surface area contributed by atoms with E-state index in [1.165, 1.54) is 12.1 Å². The van der Waals surface area contributed by atoms with Crippen LogP contribution in [0.15, 0.2) is 24.3 Å². The van der Waals surface area contributed by atoms with E-state index in [1.54, 1.807) is 31.2 Å². The highest BCUT2D eigenvalue weighted by Crippen LogP contribution is 2.07. The van der Waals surface area contributed by atoms with Crippen molar-refractivity contribution in [1.82, 2.24) is 4.90 Å². The first-order chi connectivity index (χ1) is 10.0. The third kappa shape index (κ3) is 6.37. The molecule has 0 aliphatic heterocycles. The van der Waals surface area contributed by atoms with Gasteiger partial charge in [-0.05, 0) is 17.7 Å². The number of benzene rings is 1. The molecule has 116 valence electrons. The van der Waals surface area contributed by atoms with Gasteiger partial charge in [-0.25, -0.2) is 4.79 Å². The third-order valence-electron chi connectivity index (χ3n) is 2.94. The molecule has 21 heavy (non-hydrogen) atoms.